The first-order valence-corrected chi connectivity index (χ1v) is 19.4. The normalized spacial score (nSPS) is 29.9. The molecule has 0 spiro atoms. The number of ether oxygens (including phenoxy) is 1. The first-order chi connectivity index (χ1) is 24.5. The van der Waals surface area contributed by atoms with E-state index in [1.807, 2.05) is 31.2 Å². The van der Waals surface area contributed by atoms with E-state index in [0.717, 1.165) is 50.9 Å². The molecule has 1 saturated heterocycles. The van der Waals surface area contributed by atoms with Crippen molar-refractivity contribution in [2.24, 2.45) is 40.4 Å². The lowest BCUT2D eigenvalue weighted by atomic mass is 9.53. The molecule has 0 amide bonds. The summed E-state index contributed by atoms with van der Waals surface area (Å²) in [6.07, 6.45) is 3.26. The summed E-state index contributed by atoms with van der Waals surface area (Å²) < 4.78 is 6.52. The summed E-state index contributed by atoms with van der Waals surface area (Å²) in [5.41, 5.74) is 4.83. The van der Waals surface area contributed by atoms with Gasteiger partial charge in [-0.05, 0) is 96.2 Å². The van der Waals surface area contributed by atoms with Gasteiger partial charge in [-0.2, -0.15) is 0 Å². The van der Waals surface area contributed by atoms with Crippen molar-refractivity contribution in [2.45, 2.75) is 85.4 Å². The van der Waals surface area contributed by atoms with Crippen LogP contribution in [0.2, 0.25) is 0 Å². The molecule has 0 bridgehead atoms. The van der Waals surface area contributed by atoms with Gasteiger partial charge in [-0.25, -0.2) is 4.89 Å². The first-order valence-electron chi connectivity index (χ1n) is 19.0. The smallest absolute Gasteiger partial charge is 0.400 e. The summed E-state index contributed by atoms with van der Waals surface area (Å²) in [4.78, 5) is 28.4. The van der Waals surface area contributed by atoms with Crippen molar-refractivity contribution in [1.82, 2.24) is 10.2 Å². The predicted octanol–water partition coefficient (Wildman–Crippen LogP) is 8.51. The maximum absolute atomic E-state index is 14.8. The number of rotatable bonds is 10. The van der Waals surface area contributed by atoms with E-state index in [-0.39, 0.29) is 58.4 Å². The number of carbonyl (C=O) groups is 1. The molecule has 4 aliphatic rings. The fourth-order valence-electron chi connectivity index (χ4n) is 10.7. The molecule has 272 valence electrons. The van der Waals surface area contributed by atoms with Crippen molar-refractivity contribution in [3.63, 3.8) is 0 Å². The number of nitrogens with zero attached hydrogens (tertiary/aromatic N) is 1. The van der Waals surface area contributed by atoms with Gasteiger partial charge in [0.15, 0.2) is 5.75 Å². The van der Waals surface area contributed by atoms with Gasteiger partial charge in [0.2, 0.25) is 0 Å². The van der Waals surface area contributed by atoms with Crippen LogP contribution < -0.4 is 10.2 Å². The van der Waals surface area contributed by atoms with Crippen molar-refractivity contribution in [3.05, 3.63) is 101 Å². The Morgan fingerprint density at radius 1 is 1.00 bits per heavy atom. The van der Waals surface area contributed by atoms with Gasteiger partial charge in [-0.1, -0.05) is 107 Å². The van der Waals surface area contributed by atoms with Crippen LogP contribution in [0.3, 0.4) is 0 Å². The number of thiocarbonyl (C=S) groups is 1. The molecule has 7 rings (SSSR count). The van der Waals surface area contributed by atoms with Crippen molar-refractivity contribution in [3.8, 4) is 5.75 Å². The van der Waals surface area contributed by atoms with Crippen LogP contribution in [0.4, 0.5) is 0 Å². The minimum atomic E-state index is -1.07. The van der Waals surface area contributed by atoms with Crippen LogP contribution in [-0.4, -0.2) is 47.0 Å². The number of fused-ring (bicyclic) bond motifs is 4. The number of aryl methyl sites for hydroxylation is 1. The SMILES string of the molecule is CC[C@H]1CN2CCc3ccccc3[C@@H]2[C@@](C(=O)O)(C2C(C(OC(=S)OOc3ccc(C)cc3)C(C)C)C2(C)C)[C@@H]1C[C@H]1NCCc2ccccc21. The summed E-state index contributed by atoms with van der Waals surface area (Å²) in [5.74, 6) is -0.204. The van der Waals surface area contributed by atoms with Crippen molar-refractivity contribution in [2.75, 3.05) is 19.6 Å². The van der Waals surface area contributed by atoms with Crippen LogP contribution in [-0.2, 0) is 27.3 Å². The third kappa shape index (κ3) is 6.35. The third-order valence-electron chi connectivity index (χ3n) is 13.0. The molecule has 3 aromatic carbocycles. The average Bonchev–Trinajstić information content (AvgIpc) is 3.70. The summed E-state index contributed by atoms with van der Waals surface area (Å²) in [7, 11) is 0. The van der Waals surface area contributed by atoms with Gasteiger partial charge in [0.1, 0.15) is 6.10 Å². The Hall–Kier alpha value is -3.46. The fourth-order valence-corrected chi connectivity index (χ4v) is 10.8. The number of piperidine rings is 1. The molecule has 1 aliphatic carbocycles. The Morgan fingerprint density at radius 3 is 2.33 bits per heavy atom. The van der Waals surface area contributed by atoms with Crippen molar-refractivity contribution in [1.29, 1.82) is 0 Å². The molecule has 3 aromatic rings. The predicted molar refractivity (Wildman–Crippen MR) is 203 cm³/mol. The number of aliphatic carboxylic acids is 1. The summed E-state index contributed by atoms with van der Waals surface area (Å²) in [5, 5.41) is 15.9. The molecular formula is C43H54N2O5S. The van der Waals surface area contributed by atoms with E-state index in [0.29, 0.717) is 5.75 Å². The van der Waals surface area contributed by atoms with Gasteiger partial charge >= 0.3 is 11.2 Å². The van der Waals surface area contributed by atoms with Crippen LogP contribution in [0.15, 0.2) is 72.8 Å². The Labute approximate surface area is 309 Å². The molecule has 3 unspecified atom stereocenters. The summed E-state index contributed by atoms with van der Waals surface area (Å²) in [6, 6.07) is 24.7. The van der Waals surface area contributed by atoms with Crippen LogP contribution in [0.1, 0.15) is 87.4 Å². The Bertz CT molecular complexity index is 1740. The van der Waals surface area contributed by atoms with E-state index >= 15 is 0 Å². The molecule has 2 N–H and O–H groups in total. The highest BCUT2D eigenvalue weighted by molar-refractivity contribution is 7.79. The minimum absolute atomic E-state index is 0.0525. The van der Waals surface area contributed by atoms with Crippen LogP contribution in [0.25, 0.3) is 0 Å². The fraction of sp³-hybridized carbons (Fsp3) is 0.535. The second kappa shape index (κ2) is 14.2. The lowest BCUT2D eigenvalue weighted by molar-refractivity contribution is -0.180. The number of nitrogens with one attached hydrogen (secondary N) is 1. The van der Waals surface area contributed by atoms with Crippen molar-refractivity contribution >= 4 is 23.4 Å². The van der Waals surface area contributed by atoms with Crippen LogP contribution >= 0.6 is 12.2 Å². The molecule has 3 aliphatic heterocycles. The monoisotopic (exact) mass is 710 g/mol. The summed E-state index contributed by atoms with van der Waals surface area (Å²) >= 11 is 5.62. The number of carboxylic acid groups (broad SMARTS) is 1. The van der Waals surface area contributed by atoms with E-state index < -0.39 is 11.4 Å². The second-order valence-electron chi connectivity index (χ2n) is 16.4. The van der Waals surface area contributed by atoms with E-state index in [2.05, 4.69) is 93.4 Å². The van der Waals surface area contributed by atoms with E-state index in [1.165, 1.54) is 22.3 Å². The molecular weight excluding hydrogens is 657 g/mol. The maximum Gasteiger partial charge on any atom is 0.400 e. The minimum Gasteiger partial charge on any atom is -0.481 e. The molecule has 8 atom stereocenters. The summed E-state index contributed by atoms with van der Waals surface area (Å²) in [6.45, 7) is 15.7. The Balaban J connectivity index is 1.30. The molecule has 3 heterocycles. The quantitative estimate of drug-likeness (QED) is 0.123. The van der Waals surface area contributed by atoms with Gasteiger partial charge in [0, 0.05) is 37.3 Å². The zero-order valence-corrected chi connectivity index (χ0v) is 31.7. The lowest BCUT2D eigenvalue weighted by Crippen LogP contribution is -2.62. The number of hydrogen-bond donors (Lipinski definition) is 2. The molecule has 2 fully saturated rings. The topological polar surface area (TPSA) is 80.3 Å². The van der Waals surface area contributed by atoms with E-state index in [4.69, 9.17) is 26.7 Å². The van der Waals surface area contributed by atoms with Crippen LogP contribution in [0.5, 0.6) is 5.75 Å². The van der Waals surface area contributed by atoms with E-state index in [9.17, 15) is 9.90 Å². The maximum atomic E-state index is 14.8. The molecule has 8 heteroatoms. The standard InChI is InChI=1S/C43H54N2O5S/c1-7-28-25-45-23-21-30-13-9-11-15-33(30)39(45)43(40(46)47,34(28)24-35-32-14-10-8-12-29(32)20-22-44-35)38-36(42(38,5)6)37(26(2)3)48-41(51)50-49-31-18-16-27(4)17-19-31/h8-19,26,28,34-39,44H,7,20-25H2,1-6H3,(H,46,47)/t28-,34+,35+,36?,37?,38?,39+,43-/m0/s1. The van der Waals surface area contributed by atoms with Gasteiger partial charge in [0.05, 0.1) is 11.5 Å². The highest BCUT2D eigenvalue weighted by Crippen LogP contribution is 2.75. The third-order valence-corrected chi connectivity index (χ3v) is 13.1. The Kier molecular flexibility index (Phi) is 9.98. The van der Waals surface area contributed by atoms with Gasteiger partial charge in [-0.15, -0.1) is 0 Å². The number of benzene rings is 3. The average molecular weight is 711 g/mol. The van der Waals surface area contributed by atoms with Gasteiger partial charge < -0.3 is 15.2 Å². The van der Waals surface area contributed by atoms with Crippen LogP contribution in [0, 0.1) is 47.3 Å². The largest absolute Gasteiger partial charge is 0.481 e. The van der Waals surface area contributed by atoms with E-state index in [1.54, 1.807) is 0 Å². The number of hydrogen-bond acceptors (Lipinski definition) is 7. The first kappa shape index (κ1) is 35.9. The highest BCUT2D eigenvalue weighted by atomic mass is 32.1. The molecule has 0 aromatic heterocycles. The zero-order chi connectivity index (χ0) is 36.1. The van der Waals surface area contributed by atoms with Gasteiger partial charge in [0.25, 0.3) is 0 Å². The molecule has 0 radical (unpaired) electrons. The zero-order valence-electron chi connectivity index (χ0n) is 30.9. The second-order valence-corrected chi connectivity index (χ2v) is 16.8. The number of carboxylic acids is 1. The van der Waals surface area contributed by atoms with Gasteiger partial charge in [-0.3, -0.25) is 14.6 Å². The highest BCUT2D eigenvalue weighted by Gasteiger charge is 2.78. The molecule has 51 heavy (non-hydrogen) atoms. The molecule has 1 saturated carbocycles. The molecule has 7 nitrogen and oxygen atoms in total. The van der Waals surface area contributed by atoms with Crippen molar-refractivity contribution < 1.29 is 24.4 Å². The lowest BCUT2D eigenvalue weighted by Gasteiger charge is -2.59. The Morgan fingerprint density at radius 2 is 1.67 bits per heavy atom.